The Labute approximate surface area is 110 Å². The lowest BCUT2D eigenvalue weighted by molar-refractivity contribution is -0.517. The Balaban J connectivity index is 1.66. The number of aliphatic hydroxyl groups excluding tert-OH is 1. The molecule has 6 rings (SSSR count). The molecule has 5 aliphatic heterocycles. The van der Waals surface area contributed by atoms with Gasteiger partial charge in [0.1, 0.15) is 35.6 Å². The van der Waals surface area contributed by atoms with E-state index in [4.69, 9.17) is 23.7 Å². The average molecular weight is 270 g/mol. The summed E-state index contributed by atoms with van der Waals surface area (Å²) in [6.45, 7) is 0.713. The Hall–Kier alpha value is -0.240. The summed E-state index contributed by atoms with van der Waals surface area (Å²) >= 11 is 0. The SMILES string of the molecule is OC1[C@H]2OC3OC([C@@]24CCCO4)[C@]2(CCCO2)[C@@H]1O3. The molecular formula is C13H18O6. The van der Waals surface area contributed by atoms with Gasteiger partial charge in [-0.1, -0.05) is 0 Å². The Bertz CT molecular complexity index is 366. The summed E-state index contributed by atoms with van der Waals surface area (Å²) in [6.07, 6.45) is 2.05. The fraction of sp³-hybridized carbons (Fsp3) is 1.00. The molecule has 4 bridgehead atoms. The van der Waals surface area contributed by atoms with Gasteiger partial charge < -0.3 is 28.8 Å². The van der Waals surface area contributed by atoms with E-state index in [1.807, 2.05) is 0 Å². The van der Waals surface area contributed by atoms with Crippen molar-refractivity contribution in [1.82, 2.24) is 0 Å². The minimum Gasteiger partial charge on any atom is -0.387 e. The van der Waals surface area contributed by atoms with Gasteiger partial charge in [0.05, 0.1) is 0 Å². The van der Waals surface area contributed by atoms with Crippen molar-refractivity contribution in [2.45, 2.75) is 67.8 Å². The maximum atomic E-state index is 10.6. The molecule has 1 N–H and O–H groups in total. The molecule has 106 valence electrons. The minimum absolute atomic E-state index is 0.184. The highest BCUT2D eigenvalue weighted by Gasteiger charge is 2.76. The van der Waals surface area contributed by atoms with E-state index in [1.165, 1.54) is 0 Å². The van der Waals surface area contributed by atoms with Crippen molar-refractivity contribution < 1.29 is 28.8 Å². The molecule has 6 heteroatoms. The molecule has 0 aromatic rings. The van der Waals surface area contributed by atoms with Gasteiger partial charge in [0.15, 0.2) is 0 Å². The number of aliphatic hydroxyl groups is 1. The molecule has 6 fully saturated rings. The molecule has 19 heavy (non-hydrogen) atoms. The third kappa shape index (κ3) is 1.16. The molecule has 2 spiro atoms. The first kappa shape index (κ1) is 11.4. The molecule has 0 aromatic heterocycles. The fourth-order valence-corrected chi connectivity index (χ4v) is 4.75. The van der Waals surface area contributed by atoms with Crippen LogP contribution in [0.2, 0.25) is 0 Å². The Morgan fingerprint density at radius 3 is 1.89 bits per heavy atom. The summed E-state index contributed by atoms with van der Waals surface area (Å²) in [5.74, 6) is 0. The van der Waals surface area contributed by atoms with Crippen molar-refractivity contribution in [1.29, 1.82) is 0 Å². The van der Waals surface area contributed by atoms with Crippen LogP contribution < -0.4 is 0 Å². The van der Waals surface area contributed by atoms with E-state index in [9.17, 15) is 5.11 Å². The van der Waals surface area contributed by atoms with Crippen molar-refractivity contribution in [3.63, 3.8) is 0 Å². The summed E-state index contributed by atoms with van der Waals surface area (Å²) in [5.41, 5.74) is -1.11. The van der Waals surface area contributed by atoms with E-state index in [-0.39, 0.29) is 18.3 Å². The molecule has 0 radical (unpaired) electrons. The lowest BCUT2D eigenvalue weighted by Gasteiger charge is -2.65. The first-order valence-corrected chi connectivity index (χ1v) is 7.19. The fourth-order valence-electron chi connectivity index (χ4n) is 4.75. The molecule has 5 saturated heterocycles. The highest BCUT2D eigenvalue weighted by atomic mass is 16.9. The molecule has 5 heterocycles. The van der Waals surface area contributed by atoms with Crippen molar-refractivity contribution >= 4 is 0 Å². The molecule has 0 amide bonds. The summed E-state index contributed by atoms with van der Waals surface area (Å²) < 4.78 is 29.4. The van der Waals surface area contributed by atoms with Crippen LogP contribution in [0.25, 0.3) is 0 Å². The van der Waals surface area contributed by atoms with E-state index in [2.05, 4.69) is 0 Å². The normalized spacial score (nSPS) is 62.7. The van der Waals surface area contributed by atoms with Crippen LogP contribution in [-0.2, 0) is 23.7 Å². The van der Waals surface area contributed by atoms with Crippen LogP contribution in [0.3, 0.4) is 0 Å². The maximum Gasteiger partial charge on any atom is 0.273 e. The van der Waals surface area contributed by atoms with Gasteiger partial charge in [0.25, 0.3) is 6.48 Å². The highest BCUT2D eigenvalue weighted by Crippen LogP contribution is 2.58. The van der Waals surface area contributed by atoms with Crippen molar-refractivity contribution in [2.24, 2.45) is 0 Å². The van der Waals surface area contributed by atoms with Gasteiger partial charge in [-0.05, 0) is 25.7 Å². The van der Waals surface area contributed by atoms with E-state index in [0.717, 1.165) is 25.7 Å². The zero-order valence-electron chi connectivity index (χ0n) is 10.6. The first-order chi connectivity index (χ1) is 9.26. The molecular weight excluding hydrogens is 252 g/mol. The number of ether oxygens (including phenoxy) is 5. The second-order valence-corrected chi connectivity index (χ2v) is 6.22. The summed E-state index contributed by atoms with van der Waals surface area (Å²) in [4.78, 5) is 0. The summed E-state index contributed by atoms with van der Waals surface area (Å²) in [7, 11) is 0. The van der Waals surface area contributed by atoms with Gasteiger partial charge in [-0.2, -0.15) is 0 Å². The Kier molecular flexibility index (Phi) is 2.10. The third-order valence-electron chi connectivity index (χ3n) is 5.40. The molecule has 1 saturated carbocycles. The highest BCUT2D eigenvalue weighted by molar-refractivity contribution is 5.23. The zero-order chi connectivity index (χ0) is 12.7. The minimum atomic E-state index is -0.701. The third-order valence-corrected chi connectivity index (χ3v) is 5.40. The average Bonchev–Trinajstić information content (AvgIpc) is 3.06. The molecule has 1 aliphatic carbocycles. The second-order valence-electron chi connectivity index (χ2n) is 6.22. The van der Waals surface area contributed by atoms with Gasteiger partial charge in [-0.15, -0.1) is 0 Å². The molecule has 6 nitrogen and oxygen atoms in total. The second kappa shape index (κ2) is 3.50. The van der Waals surface area contributed by atoms with Crippen LogP contribution in [-0.4, -0.2) is 60.4 Å². The van der Waals surface area contributed by atoms with Crippen molar-refractivity contribution in [2.75, 3.05) is 13.2 Å². The van der Waals surface area contributed by atoms with Crippen molar-refractivity contribution in [3.8, 4) is 0 Å². The van der Waals surface area contributed by atoms with Crippen LogP contribution in [0.4, 0.5) is 0 Å². The van der Waals surface area contributed by atoms with Crippen molar-refractivity contribution in [3.05, 3.63) is 0 Å². The summed E-state index contributed by atoms with van der Waals surface area (Å²) in [5, 5.41) is 10.6. The van der Waals surface area contributed by atoms with Crippen LogP contribution in [0, 0.1) is 0 Å². The van der Waals surface area contributed by atoms with Gasteiger partial charge in [-0.3, -0.25) is 0 Å². The van der Waals surface area contributed by atoms with E-state index < -0.39 is 23.8 Å². The van der Waals surface area contributed by atoms with Gasteiger partial charge in [0.2, 0.25) is 0 Å². The molecule has 0 aromatic carbocycles. The quantitative estimate of drug-likeness (QED) is 0.664. The van der Waals surface area contributed by atoms with E-state index >= 15 is 0 Å². The molecule has 3 unspecified atom stereocenters. The number of hydrogen-bond donors (Lipinski definition) is 1. The summed E-state index contributed by atoms with van der Waals surface area (Å²) in [6, 6.07) is 0. The smallest absolute Gasteiger partial charge is 0.273 e. The first-order valence-electron chi connectivity index (χ1n) is 7.19. The Morgan fingerprint density at radius 1 is 0.842 bits per heavy atom. The largest absolute Gasteiger partial charge is 0.387 e. The van der Waals surface area contributed by atoms with Gasteiger partial charge in [-0.25, -0.2) is 0 Å². The lowest BCUT2D eigenvalue weighted by Crippen LogP contribution is -2.84. The van der Waals surface area contributed by atoms with Crippen LogP contribution >= 0.6 is 0 Å². The Morgan fingerprint density at radius 2 is 1.42 bits per heavy atom. The number of hydrogen-bond acceptors (Lipinski definition) is 6. The topological polar surface area (TPSA) is 66.4 Å². The number of rotatable bonds is 0. The van der Waals surface area contributed by atoms with Crippen LogP contribution in [0.15, 0.2) is 0 Å². The van der Waals surface area contributed by atoms with E-state index in [1.54, 1.807) is 0 Å². The molecule has 6 aliphatic rings. The monoisotopic (exact) mass is 270 g/mol. The van der Waals surface area contributed by atoms with E-state index in [0.29, 0.717) is 13.2 Å². The molecule has 7 atom stereocenters. The standard InChI is InChI=1S/C13H18O6/c14-7-8-12(3-1-5-15-12)10-13(4-2-6-16-13)9(7)18-11(17-8)19-10/h7-11,14H,1-6H2/t7?,8-,9-,10?,11?,12-,13+/m1/s1. The zero-order valence-corrected chi connectivity index (χ0v) is 10.6. The predicted octanol–water partition coefficient (Wildman–Crippen LogP) is -0.0743. The predicted molar refractivity (Wildman–Crippen MR) is 60.2 cm³/mol. The van der Waals surface area contributed by atoms with Crippen LogP contribution in [0.5, 0.6) is 0 Å². The maximum absolute atomic E-state index is 10.6. The van der Waals surface area contributed by atoms with Gasteiger partial charge in [0, 0.05) is 13.2 Å². The van der Waals surface area contributed by atoms with Crippen LogP contribution in [0.1, 0.15) is 25.7 Å². The lowest BCUT2D eigenvalue weighted by atomic mass is 9.64. The van der Waals surface area contributed by atoms with Gasteiger partial charge >= 0.3 is 0 Å².